The standard InChI is InChI=1S/C9H5F6NO2/c1-18-8(17)6-5(10)3(9(13,14)15)2-4(16-6)7(11)12/h2,7H,1H3. The Labute approximate surface area is 96.4 Å². The van der Waals surface area contributed by atoms with Crippen molar-refractivity contribution in [3.05, 3.63) is 28.8 Å². The number of methoxy groups -OCH3 is 1. The van der Waals surface area contributed by atoms with Crippen LogP contribution in [0.25, 0.3) is 0 Å². The van der Waals surface area contributed by atoms with Gasteiger partial charge in [-0.15, -0.1) is 0 Å². The minimum atomic E-state index is -5.22. The molecule has 18 heavy (non-hydrogen) atoms. The third-order valence-corrected chi connectivity index (χ3v) is 1.89. The molecule has 3 nitrogen and oxygen atoms in total. The van der Waals surface area contributed by atoms with Crippen molar-refractivity contribution in [1.82, 2.24) is 4.98 Å². The topological polar surface area (TPSA) is 39.2 Å². The van der Waals surface area contributed by atoms with Gasteiger partial charge in [-0.05, 0) is 6.07 Å². The van der Waals surface area contributed by atoms with Crippen LogP contribution in [-0.4, -0.2) is 18.1 Å². The van der Waals surface area contributed by atoms with E-state index < -0.39 is 41.3 Å². The van der Waals surface area contributed by atoms with Gasteiger partial charge < -0.3 is 4.74 Å². The van der Waals surface area contributed by atoms with E-state index in [1.807, 2.05) is 0 Å². The fraction of sp³-hybridized carbons (Fsp3) is 0.333. The summed E-state index contributed by atoms with van der Waals surface area (Å²) in [5.74, 6) is -3.61. The molecule has 0 atom stereocenters. The Morgan fingerprint density at radius 2 is 1.94 bits per heavy atom. The molecule has 1 rings (SSSR count). The quantitative estimate of drug-likeness (QED) is 0.614. The van der Waals surface area contributed by atoms with E-state index in [0.29, 0.717) is 0 Å². The molecular formula is C9H5F6NO2. The normalized spacial score (nSPS) is 11.8. The Morgan fingerprint density at radius 3 is 2.33 bits per heavy atom. The summed E-state index contributed by atoms with van der Waals surface area (Å²) in [4.78, 5) is 13.8. The van der Waals surface area contributed by atoms with E-state index in [0.717, 1.165) is 7.11 Å². The van der Waals surface area contributed by atoms with Gasteiger partial charge in [0.1, 0.15) is 5.69 Å². The molecule has 0 aliphatic heterocycles. The van der Waals surface area contributed by atoms with Crippen molar-refractivity contribution in [1.29, 1.82) is 0 Å². The smallest absolute Gasteiger partial charge is 0.419 e. The first kappa shape index (κ1) is 14.3. The van der Waals surface area contributed by atoms with Crippen molar-refractivity contribution in [2.75, 3.05) is 7.11 Å². The molecule has 0 aliphatic rings. The fourth-order valence-electron chi connectivity index (χ4n) is 1.10. The molecule has 0 saturated heterocycles. The van der Waals surface area contributed by atoms with Gasteiger partial charge in [0.15, 0.2) is 11.5 Å². The highest BCUT2D eigenvalue weighted by Crippen LogP contribution is 2.34. The van der Waals surface area contributed by atoms with Gasteiger partial charge in [-0.3, -0.25) is 0 Å². The summed E-state index contributed by atoms with van der Waals surface area (Å²) in [6.07, 6.45) is -8.60. The molecule has 0 saturated carbocycles. The lowest BCUT2D eigenvalue weighted by Gasteiger charge is -2.12. The van der Waals surface area contributed by atoms with Crippen LogP contribution in [0.1, 0.15) is 28.2 Å². The molecule has 1 aromatic heterocycles. The minimum absolute atomic E-state index is 0.146. The Balaban J connectivity index is 3.53. The van der Waals surface area contributed by atoms with Crippen LogP contribution >= 0.6 is 0 Å². The lowest BCUT2D eigenvalue weighted by molar-refractivity contribution is -0.140. The van der Waals surface area contributed by atoms with Crippen LogP contribution in [0.15, 0.2) is 6.07 Å². The molecule has 0 unspecified atom stereocenters. The van der Waals surface area contributed by atoms with Gasteiger partial charge in [-0.1, -0.05) is 0 Å². The molecule has 0 aliphatic carbocycles. The summed E-state index contributed by atoms with van der Waals surface area (Å²) in [6.45, 7) is 0. The van der Waals surface area contributed by atoms with Gasteiger partial charge in [0.05, 0.1) is 12.7 Å². The van der Waals surface area contributed by atoms with E-state index in [2.05, 4.69) is 9.72 Å². The summed E-state index contributed by atoms with van der Waals surface area (Å²) in [6, 6.07) is -0.146. The first-order chi connectivity index (χ1) is 8.18. The molecule has 1 aromatic rings. The van der Waals surface area contributed by atoms with Crippen molar-refractivity contribution in [2.24, 2.45) is 0 Å². The van der Waals surface area contributed by atoms with Crippen LogP contribution < -0.4 is 0 Å². The van der Waals surface area contributed by atoms with Gasteiger partial charge in [0.2, 0.25) is 0 Å². The zero-order valence-corrected chi connectivity index (χ0v) is 8.69. The van der Waals surface area contributed by atoms with Gasteiger partial charge in [0, 0.05) is 0 Å². The van der Waals surface area contributed by atoms with Crippen LogP contribution in [-0.2, 0) is 10.9 Å². The zero-order valence-electron chi connectivity index (χ0n) is 8.69. The zero-order chi connectivity index (χ0) is 14.1. The van der Waals surface area contributed by atoms with Crippen LogP contribution in [0.3, 0.4) is 0 Å². The summed E-state index contributed by atoms with van der Waals surface area (Å²) in [5, 5.41) is 0. The number of rotatable bonds is 2. The van der Waals surface area contributed by atoms with Crippen molar-refractivity contribution < 1.29 is 35.9 Å². The highest BCUT2D eigenvalue weighted by Gasteiger charge is 2.38. The summed E-state index contributed by atoms with van der Waals surface area (Å²) < 4.78 is 79.0. The molecule has 1 heterocycles. The van der Waals surface area contributed by atoms with E-state index in [4.69, 9.17) is 0 Å². The Kier molecular flexibility index (Phi) is 3.82. The van der Waals surface area contributed by atoms with E-state index >= 15 is 0 Å². The van der Waals surface area contributed by atoms with Crippen molar-refractivity contribution in [3.63, 3.8) is 0 Å². The Hall–Kier alpha value is -1.80. The molecule has 0 spiro atoms. The molecular weight excluding hydrogens is 268 g/mol. The monoisotopic (exact) mass is 273 g/mol. The van der Waals surface area contributed by atoms with E-state index in [1.165, 1.54) is 0 Å². The molecule has 0 N–H and O–H groups in total. The van der Waals surface area contributed by atoms with E-state index in [1.54, 1.807) is 0 Å². The average molecular weight is 273 g/mol. The first-order valence-corrected chi connectivity index (χ1v) is 4.32. The highest BCUT2D eigenvalue weighted by molar-refractivity contribution is 5.87. The van der Waals surface area contributed by atoms with Crippen LogP contribution in [0, 0.1) is 5.82 Å². The van der Waals surface area contributed by atoms with Crippen molar-refractivity contribution >= 4 is 5.97 Å². The molecule has 0 fully saturated rings. The largest absolute Gasteiger partial charge is 0.464 e. The van der Waals surface area contributed by atoms with Gasteiger partial charge in [-0.2, -0.15) is 13.2 Å². The number of hydrogen-bond donors (Lipinski definition) is 0. The number of halogens is 6. The van der Waals surface area contributed by atoms with Gasteiger partial charge in [0.25, 0.3) is 6.43 Å². The second-order valence-corrected chi connectivity index (χ2v) is 3.05. The predicted molar refractivity (Wildman–Crippen MR) is 45.5 cm³/mol. The number of pyridine rings is 1. The maximum absolute atomic E-state index is 13.3. The second kappa shape index (κ2) is 4.83. The van der Waals surface area contributed by atoms with Gasteiger partial charge in [-0.25, -0.2) is 22.9 Å². The molecule has 0 bridgehead atoms. The number of aromatic nitrogens is 1. The third-order valence-electron chi connectivity index (χ3n) is 1.89. The number of carbonyl (C=O) groups is 1. The fourth-order valence-corrected chi connectivity index (χ4v) is 1.10. The number of carbonyl (C=O) groups excluding carboxylic acids is 1. The number of alkyl halides is 5. The van der Waals surface area contributed by atoms with Gasteiger partial charge >= 0.3 is 12.1 Å². The minimum Gasteiger partial charge on any atom is -0.464 e. The van der Waals surface area contributed by atoms with Crippen LogP contribution in [0.5, 0.6) is 0 Å². The number of hydrogen-bond acceptors (Lipinski definition) is 3. The molecule has 0 radical (unpaired) electrons. The maximum Gasteiger partial charge on any atom is 0.419 e. The van der Waals surface area contributed by atoms with E-state index in [-0.39, 0.29) is 6.07 Å². The number of ether oxygens (including phenoxy) is 1. The summed E-state index contributed by atoms with van der Waals surface area (Å²) in [7, 11) is 0.756. The summed E-state index contributed by atoms with van der Waals surface area (Å²) in [5.41, 5.74) is -4.78. The molecule has 0 amide bonds. The Morgan fingerprint density at radius 1 is 1.39 bits per heavy atom. The predicted octanol–water partition coefficient (Wildman–Crippen LogP) is 2.96. The number of esters is 1. The summed E-state index contributed by atoms with van der Waals surface area (Å²) >= 11 is 0. The lowest BCUT2D eigenvalue weighted by Crippen LogP contribution is -2.17. The Bertz CT molecular complexity index is 471. The second-order valence-electron chi connectivity index (χ2n) is 3.05. The lowest BCUT2D eigenvalue weighted by atomic mass is 10.1. The van der Waals surface area contributed by atoms with Crippen LogP contribution in [0.4, 0.5) is 26.3 Å². The molecule has 0 aromatic carbocycles. The number of nitrogens with zero attached hydrogens (tertiary/aromatic N) is 1. The first-order valence-electron chi connectivity index (χ1n) is 4.32. The highest BCUT2D eigenvalue weighted by atomic mass is 19.4. The average Bonchev–Trinajstić information content (AvgIpc) is 2.26. The van der Waals surface area contributed by atoms with Crippen LogP contribution in [0.2, 0.25) is 0 Å². The molecule has 100 valence electrons. The van der Waals surface area contributed by atoms with Crippen molar-refractivity contribution in [2.45, 2.75) is 12.6 Å². The third kappa shape index (κ3) is 2.71. The van der Waals surface area contributed by atoms with Crippen molar-refractivity contribution in [3.8, 4) is 0 Å². The maximum atomic E-state index is 13.3. The SMILES string of the molecule is COC(=O)c1nc(C(F)F)cc(C(F)(F)F)c1F. The molecule has 9 heteroatoms. The van der Waals surface area contributed by atoms with E-state index in [9.17, 15) is 31.1 Å².